The van der Waals surface area contributed by atoms with Crippen molar-refractivity contribution in [2.75, 3.05) is 13.6 Å². The summed E-state index contributed by atoms with van der Waals surface area (Å²) in [5, 5.41) is 2.56. The Kier molecular flexibility index (Phi) is 4.93. The molecule has 1 heterocycles. The number of likely N-dealkylation sites (N-methyl/N-ethyl adjacent to an activating group) is 1. The first kappa shape index (κ1) is 14.5. The molecule has 0 spiro atoms. The lowest BCUT2D eigenvalue weighted by atomic mass is 10.0. The fourth-order valence-electron chi connectivity index (χ4n) is 2.07. The predicted octanol–water partition coefficient (Wildman–Crippen LogP) is 3.67. The molecular formula is C14H16ClFN2S. The van der Waals surface area contributed by atoms with E-state index in [1.54, 1.807) is 23.5 Å². The summed E-state index contributed by atoms with van der Waals surface area (Å²) in [5.74, 6) is -0.266. The Morgan fingerprint density at radius 2 is 2.21 bits per heavy atom. The van der Waals surface area contributed by atoms with Gasteiger partial charge in [-0.15, -0.1) is 11.3 Å². The van der Waals surface area contributed by atoms with Gasteiger partial charge in [0, 0.05) is 28.6 Å². The molecule has 1 aromatic carbocycles. The van der Waals surface area contributed by atoms with Crippen molar-refractivity contribution in [3.05, 3.63) is 57.0 Å². The van der Waals surface area contributed by atoms with Crippen molar-refractivity contribution in [3.8, 4) is 0 Å². The van der Waals surface area contributed by atoms with Crippen LogP contribution in [-0.2, 0) is 6.54 Å². The highest BCUT2D eigenvalue weighted by Gasteiger charge is 2.19. The van der Waals surface area contributed by atoms with Crippen LogP contribution in [0.5, 0.6) is 0 Å². The molecule has 0 bridgehead atoms. The Labute approximate surface area is 121 Å². The first-order valence-corrected chi connectivity index (χ1v) is 7.25. The molecule has 0 saturated carbocycles. The van der Waals surface area contributed by atoms with Gasteiger partial charge in [-0.25, -0.2) is 4.39 Å². The Morgan fingerprint density at radius 1 is 1.42 bits per heavy atom. The van der Waals surface area contributed by atoms with Gasteiger partial charge in [0.1, 0.15) is 5.82 Å². The van der Waals surface area contributed by atoms with Gasteiger partial charge >= 0.3 is 0 Å². The quantitative estimate of drug-likeness (QED) is 0.912. The molecule has 0 fully saturated rings. The van der Waals surface area contributed by atoms with Crippen LogP contribution in [0.1, 0.15) is 16.5 Å². The van der Waals surface area contributed by atoms with Gasteiger partial charge in [0.05, 0.1) is 6.04 Å². The Bertz CT molecular complexity index is 530. The molecule has 2 nitrogen and oxygen atoms in total. The zero-order valence-electron chi connectivity index (χ0n) is 10.6. The molecular weight excluding hydrogens is 283 g/mol. The van der Waals surface area contributed by atoms with E-state index < -0.39 is 0 Å². The standard InChI is InChI=1S/C14H16ClFN2S/c1-18(9-11-3-2-6-19-11)14(8-17)12-7-10(15)4-5-13(12)16/h2-7,14H,8-9,17H2,1H3. The van der Waals surface area contributed by atoms with Crippen LogP contribution in [0, 0.1) is 5.82 Å². The zero-order chi connectivity index (χ0) is 13.8. The number of benzene rings is 1. The molecule has 0 amide bonds. The molecule has 0 aliphatic rings. The average Bonchev–Trinajstić information content (AvgIpc) is 2.87. The first-order chi connectivity index (χ1) is 9.11. The number of thiophene rings is 1. The van der Waals surface area contributed by atoms with E-state index in [0.717, 1.165) is 6.54 Å². The van der Waals surface area contributed by atoms with Gasteiger partial charge in [0.2, 0.25) is 0 Å². The molecule has 102 valence electrons. The maximum absolute atomic E-state index is 13.9. The maximum atomic E-state index is 13.9. The summed E-state index contributed by atoms with van der Waals surface area (Å²) < 4.78 is 13.9. The third-order valence-corrected chi connectivity index (χ3v) is 4.15. The smallest absolute Gasteiger partial charge is 0.128 e. The first-order valence-electron chi connectivity index (χ1n) is 5.99. The van der Waals surface area contributed by atoms with Crippen molar-refractivity contribution < 1.29 is 4.39 Å². The average molecular weight is 299 g/mol. The summed E-state index contributed by atoms with van der Waals surface area (Å²) in [6.07, 6.45) is 0. The molecule has 2 aromatic rings. The van der Waals surface area contributed by atoms with Crippen molar-refractivity contribution in [3.63, 3.8) is 0 Å². The molecule has 0 aliphatic heterocycles. The second kappa shape index (κ2) is 6.48. The van der Waals surface area contributed by atoms with Crippen molar-refractivity contribution in [2.45, 2.75) is 12.6 Å². The number of hydrogen-bond donors (Lipinski definition) is 1. The molecule has 0 saturated heterocycles. The molecule has 1 unspecified atom stereocenters. The lowest BCUT2D eigenvalue weighted by molar-refractivity contribution is 0.239. The van der Waals surface area contributed by atoms with E-state index in [9.17, 15) is 4.39 Å². The Hall–Kier alpha value is -0.940. The molecule has 1 atom stereocenters. The third-order valence-electron chi connectivity index (χ3n) is 3.06. The van der Waals surface area contributed by atoms with E-state index >= 15 is 0 Å². The highest BCUT2D eigenvalue weighted by Crippen LogP contribution is 2.26. The molecule has 1 aromatic heterocycles. The summed E-state index contributed by atoms with van der Waals surface area (Å²) in [6.45, 7) is 1.09. The maximum Gasteiger partial charge on any atom is 0.128 e. The van der Waals surface area contributed by atoms with Gasteiger partial charge in [0.25, 0.3) is 0 Å². The fraction of sp³-hybridized carbons (Fsp3) is 0.286. The lowest BCUT2D eigenvalue weighted by Crippen LogP contribution is -2.30. The van der Waals surface area contributed by atoms with Crippen LogP contribution in [0.4, 0.5) is 4.39 Å². The van der Waals surface area contributed by atoms with Gasteiger partial charge < -0.3 is 5.73 Å². The largest absolute Gasteiger partial charge is 0.329 e. The van der Waals surface area contributed by atoms with E-state index in [2.05, 4.69) is 6.07 Å². The minimum Gasteiger partial charge on any atom is -0.329 e. The minimum absolute atomic E-state index is 0.180. The summed E-state index contributed by atoms with van der Waals surface area (Å²) in [4.78, 5) is 3.27. The van der Waals surface area contributed by atoms with Crippen molar-refractivity contribution in [1.29, 1.82) is 0 Å². The number of rotatable bonds is 5. The van der Waals surface area contributed by atoms with Crippen molar-refractivity contribution in [1.82, 2.24) is 4.90 Å². The van der Waals surface area contributed by atoms with E-state index in [0.29, 0.717) is 17.1 Å². The normalized spacial score (nSPS) is 12.9. The predicted molar refractivity (Wildman–Crippen MR) is 79.0 cm³/mol. The second-order valence-corrected chi connectivity index (χ2v) is 5.88. The van der Waals surface area contributed by atoms with Crippen molar-refractivity contribution in [2.24, 2.45) is 5.73 Å². The highest BCUT2D eigenvalue weighted by atomic mass is 35.5. The summed E-state index contributed by atoms with van der Waals surface area (Å²) in [7, 11) is 1.94. The van der Waals surface area contributed by atoms with E-state index in [1.165, 1.54) is 10.9 Å². The van der Waals surface area contributed by atoms with Crippen molar-refractivity contribution >= 4 is 22.9 Å². The van der Waals surface area contributed by atoms with Crippen LogP contribution in [0.15, 0.2) is 35.7 Å². The van der Waals surface area contributed by atoms with Crippen LogP contribution in [0.2, 0.25) is 5.02 Å². The Morgan fingerprint density at radius 3 is 2.84 bits per heavy atom. The monoisotopic (exact) mass is 298 g/mol. The van der Waals surface area contributed by atoms with E-state index in [1.807, 2.05) is 23.4 Å². The van der Waals surface area contributed by atoms with Crippen LogP contribution in [-0.4, -0.2) is 18.5 Å². The molecule has 0 aliphatic carbocycles. The van der Waals surface area contributed by atoms with Gasteiger partial charge in [0.15, 0.2) is 0 Å². The third kappa shape index (κ3) is 3.54. The SMILES string of the molecule is CN(Cc1cccs1)C(CN)c1cc(Cl)ccc1F. The number of hydrogen-bond acceptors (Lipinski definition) is 3. The molecule has 0 radical (unpaired) electrons. The lowest BCUT2D eigenvalue weighted by Gasteiger charge is -2.27. The number of nitrogens with two attached hydrogens (primary N) is 1. The van der Waals surface area contributed by atoms with Gasteiger partial charge in [-0.3, -0.25) is 4.90 Å². The summed E-state index contributed by atoms with van der Waals surface area (Å²) in [5.41, 5.74) is 6.36. The van der Waals surface area contributed by atoms with Crippen LogP contribution >= 0.6 is 22.9 Å². The van der Waals surface area contributed by atoms with E-state index in [4.69, 9.17) is 17.3 Å². The van der Waals surface area contributed by atoms with Gasteiger partial charge in [-0.1, -0.05) is 17.7 Å². The fourth-order valence-corrected chi connectivity index (χ4v) is 3.02. The molecule has 5 heteroatoms. The molecule has 2 rings (SSSR count). The number of nitrogens with zero attached hydrogens (tertiary/aromatic N) is 1. The highest BCUT2D eigenvalue weighted by molar-refractivity contribution is 7.09. The van der Waals surface area contributed by atoms with Gasteiger partial charge in [-0.05, 0) is 36.7 Å². The topological polar surface area (TPSA) is 29.3 Å². The molecule has 19 heavy (non-hydrogen) atoms. The van der Waals surface area contributed by atoms with Gasteiger partial charge in [-0.2, -0.15) is 0 Å². The van der Waals surface area contributed by atoms with Crippen LogP contribution in [0.25, 0.3) is 0 Å². The number of halogens is 2. The van der Waals surface area contributed by atoms with Crippen LogP contribution < -0.4 is 5.73 Å². The molecule has 2 N–H and O–H groups in total. The second-order valence-electron chi connectivity index (χ2n) is 4.41. The Balaban J connectivity index is 2.21. The zero-order valence-corrected chi connectivity index (χ0v) is 12.2. The summed E-state index contributed by atoms with van der Waals surface area (Å²) >= 11 is 7.62. The minimum atomic E-state index is -0.266. The van der Waals surface area contributed by atoms with E-state index in [-0.39, 0.29) is 11.9 Å². The van der Waals surface area contributed by atoms with Crippen LogP contribution in [0.3, 0.4) is 0 Å². The summed E-state index contributed by atoms with van der Waals surface area (Å²) in [6, 6.07) is 8.47.